The molecule has 0 N–H and O–H groups in total. The Bertz CT molecular complexity index is 663. The number of fused-ring (bicyclic) bond motifs is 3. The molecule has 0 fully saturated rings. The summed E-state index contributed by atoms with van der Waals surface area (Å²) in [5.41, 5.74) is 2.19. The third kappa shape index (κ3) is 0.980. The average Bonchev–Trinajstić information content (AvgIpc) is 2.86. The van der Waals surface area contributed by atoms with E-state index in [0.29, 0.717) is 0 Å². The monoisotopic (exact) mass is 254 g/mol. The molecule has 0 amide bonds. The number of hydrogen-bond donors (Lipinski definition) is 0. The van der Waals surface area contributed by atoms with Gasteiger partial charge in [0.2, 0.25) is 5.95 Å². The molecule has 1 radical (unpaired) electrons. The number of allylic oxidation sites excluding steroid dienone is 5. The van der Waals surface area contributed by atoms with E-state index in [1.165, 1.54) is 11.4 Å². The molecule has 1 atom stereocenters. The van der Waals surface area contributed by atoms with Crippen LogP contribution in [-0.2, 0) is 0 Å². The smallest absolute Gasteiger partial charge is 0.216 e. The van der Waals surface area contributed by atoms with Crippen LogP contribution < -0.4 is 4.90 Å². The highest BCUT2D eigenvalue weighted by molar-refractivity contribution is 7.80. The molecule has 1 aromatic rings. The molecule has 1 aromatic heterocycles. The summed E-state index contributed by atoms with van der Waals surface area (Å²) in [6, 6.07) is 0. The second-order valence-corrected chi connectivity index (χ2v) is 5.21. The maximum Gasteiger partial charge on any atom is 0.216 e. The molecule has 3 heterocycles. The summed E-state index contributed by atoms with van der Waals surface area (Å²) in [6.45, 7) is 2.11. The first-order valence-corrected chi connectivity index (χ1v) is 6.45. The van der Waals surface area contributed by atoms with E-state index in [1.54, 1.807) is 6.20 Å². The molecule has 3 aliphatic rings. The number of rotatable bonds is 0. The Morgan fingerprint density at radius 1 is 1.39 bits per heavy atom. The minimum Gasteiger partial charge on any atom is -0.297 e. The van der Waals surface area contributed by atoms with Gasteiger partial charge >= 0.3 is 0 Å². The van der Waals surface area contributed by atoms with E-state index in [-0.39, 0.29) is 5.54 Å². The molecule has 1 aliphatic carbocycles. The van der Waals surface area contributed by atoms with Crippen LogP contribution in [0.4, 0.5) is 5.95 Å². The predicted molar refractivity (Wildman–Crippen MR) is 74.2 cm³/mol. The lowest BCUT2D eigenvalue weighted by molar-refractivity contribution is 0.751. The minimum absolute atomic E-state index is 0.214. The van der Waals surface area contributed by atoms with Crippen molar-refractivity contribution in [3.8, 4) is 0 Å². The highest BCUT2D eigenvalue weighted by atomic mass is 32.1. The van der Waals surface area contributed by atoms with Crippen molar-refractivity contribution in [2.24, 2.45) is 0 Å². The summed E-state index contributed by atoms with van der Waals surface area (Å²) in [6.07, 6.45) is 15.8. The standard InChI is InChI=1S/C14H12N3S/c1-10-5-4-8-14-7-3-2-6-11(14)16-12(18)9-15-13(16)17(10)14/h3-9H,2H2,1H3. The molecule has 0 bridgehead atoms. The third-order valence-electron chi connectivity index (χ3n) is 3.79. The van der Waals surface area contributed by atoms with Crippen LogP contribution in [0.25, 0.3) is 5.70 Å². The van der Waals surface area contributed by atoms with Gasteiger partial charge in [0.15, 0.2) is 0 Å². The molecule has 18 heavy (non-hydrogen) atoms. The number of anilines is 1. The molecule has 3 nitrogen and oxygen atoms in total. The second-order valence-electron chi connectivity index (χ2n) is 4.79. The Morgan fingerprint density at radius 2 is 2.28 bits per heavy atom. The first kappa shape index (κ1) is 10.1. The van der Waals surface area contributed by atoms with Crippen LogP contribution in [-0.4, -0.2) is 15.1 Å². The Labute approximate surface area is 111 Å². The Balaban J connectivity index is 2.07. The SMILES string of the molecule is CC1=CC=CC23C=CCC=C2n2c([S])cnc2N13. The van der Waals surface area contributed by atoms with Crippen LogP contribution in [0, 0.1) is 0 Å². The van der Waals surface area contributed by atoms with Crippen molar-refractivity contribution in [1.29, 1.82) is 0 Å². The highest BCUT2D eigenvalue weighted by Gasteiger charge is 2.48. The Hall–Kier alpha value is -1.81. The zero-order valence-corrected chi connectivity index (χ0v) is 10.8. The summed E-state index contributed by atoms with van der Waals surface area (Å²) >= 11 is 5.40. The number of hydrogen-bond acceptors (Lipinski definition) is 2. The van der Waals surface area contributed by atoms with E-state index in [0.717, 1.165) is 17.4 Å². The van der Waals surface area contributed by atoms with Gasteiger partial charge in [0.05, 0.1) is 11.9 Å². The van der Waals surface area contributed by atoms with Crippen molar-refractivity contribution in [1.82, 2.24) is 9.55 Å². The van der Waals surface area contributed by atoms with Gasteiger partial charge in [-0.25, -0.2) is 4.98 Å². The van der Waals surface area contributed by atoms with E-state index >= 15 is 0 Å². The topological polar surface area (TPSA) is 21.1 Å². The fourth-order valence-electron chi connectivity index (χ4n) is 3.09. The van der Waals surface area contributed by atoms with Crippen molar-refractivity contribution in [3.05, 3.63) is 48.4 Å². The van der Waals surface area contributed by atoms with Crippen molar-refractivity contribution >= 4 is 24.3 Å². The molecule has 0 aromatic carbocycles. The number of imidazole rings is 1. The van der Waals surface area contributed by atoms with Gasteiger partial charge in [0.25, 0.3) is 0 Å². The molecular formula is C14H12N3S. The van der Waals surface area contributed by atoms with Crippen molar-refractivity contribution < 1.29 is 0 Å². The molecule has 4 heteroatoms. The van der Waals surface area contributed by atoms with Gasteiger partial charge in [-0.3, -0.25) is 9.47 Å². The Morgan fingerprint density at radius 3 is 3.17 bits per heavy atom. The minimum atomic E-state index is -0.214. The molecule has 0 saturated heterocycles. The molecule has 1 unspecified atom stereocenters. The fraction of sp³-hybridized carbons (Fsp3) is 0.214. The lowest BCUT2D eigenvalue weighted by Gasteiger charge is -2.38. The number of aromatic nitrogens is 2. The Kier molecular flexibility index (Phi) is 1.77. The first-order chi connectivity index (χ1) is 8.74. The van der Waals surface area contributed by atoms with Gasteiger partial charge in [0.1, 0.15) is 10.6 Å². The van der Waals surface area contributed by atoms with Crippen LogP contribution in [0.2, 0.25) is 0 Å². The average molecular weight is 254 g/mol. The molecule has 4 rings (SSSR count). The van der Waals surface area contributed by atoms with E-state index < -0.39 is 0 Å². The second kappa shape index (κ2) is 3.14. The predicted octanol–water partition coefficient (Wildman–Crippen LogP) is 3.27. The van der Waals surface area contributed by atoms with Crippen molar-refractivity contribution in [3.63, 3.8) is 0 Å². The van der Waals surface area contributed by atoms with E-state index in [9.17, 15) is 0 Å². The zero-order chi connectivity index (χ0) is 12.3. The van der Waals surface area contributed by atoms with Crippen molar-refractivity contribution in [2.75, 3.05) is 4.90 Å². The zero-order valence-electron chi connectivity index (χ0n) is 10.00. The maximum absolute atomic E-state index is 5.40. The first-order valence-electron chi connectivity index (χ1n) is 6.04. The van der Waals surface area contributed by atoms with E-state index in [2.05, 4.69) is 57.8 Å². The maximum atomic E-state index is 5.40. The molecule has 1 spiro atoms. The quantitative estimate of drug-likeness (QED) is 0.662. The van der Waals surface area contributed by atoms with Crippen molar-refractivity contribution in [2.45, 2.75) is 23.9 Å². The van der Waals surface area contributed by atoms with Crippen LogP contribution in [0.1, 0.15) is 13.3 Å². The molecule has 89 valence electrons. The van der Waals surface area contributed by atoms with E-state index in [4.69, 9.17) is 12.6 Å². The van der Waals surface area contributed by atoms with Crippen LogP contribution >= 0.6 is 12.6 Å². The van der Waals surface area contributed by atoms with Crippen LogP contribution in [0.3, 0.4) is 0 Å². The van der Waals surface area contributed by atoms with Gasteiger partial charge in [-0.15, -0.1) is 0 Å². The summed E-state index contributed by atoms with van der Waals surface area (Å²) in [5.74, 6) is 0.927. The van der Waals surface area contributed by atoms with E-state index in [1.807, 2.05) is 0 Å². The fourth-order valence-corrected chi connectivity index (χ4v) is 3.32. The summed E-state index contributed by atoms with van der Waals surface area (Å²) in [7, 11) is 0. The lowest BCUT2D eigenvalue weighted by atomic mass is 9.87. The van der Waals surface area contributed by atoms with Gasteiger partial charge in [-0.2, -0.15) is 0 Å². The lowest BCUT2D eigenvalue weighted by Crippen LogP contribution is -2.44. The molecular weight excluding hydrogens is 242 g/mol. The summed E-state index contributed by atoms with van der Waals surface area (Å²) in [4.78, 5) is 6.74. The van der Waals surface area contributed by atoms with Gasteiger partial charge < -0.3 is 0 Å². The largest absolute Gasteiger partial charge is 0.297 e. The molecule has 2 aliphatic heterocycles. The van der Waals surface area contributed by atoms with Crippen LogP contribution in [0.5, 0.6) is 0 Å². The van der Waals surface area contributed by atoms with Gasteiger partial charge in [-0.1, -0.05) is 36.9 Å². The highest BCUT2D eigenvalue weighted by Crippen LogP contribution is 2.49. The number of nitrogens with zero attached hydrogens (tertiary/aromatic N) is 3. The molecule has 0 saturated carbocycles. The normalized spacial score (nSPS) is 27.5. The van der Waals surface area contributed by atoms with Crippen LogP contribution in [0.15, 0.2) is 53.4 Å². The summed E-state index contributed by atoms with van der Waals surface area (Å²) < 4.78 is 2.09. The van der Waals surface area contributed by atoms with Gasteiger partial charge in [-0.05, 0) is 25.5 Å². The summed E-state index contributed by atoms with van der Waals surface area (Å²) in [5, 5.41) is 0.779. The third-order valence-corrected chi connectivity index (χ3v) is 4.08. The van der Waals surface area contributed by atoms with Gasteiger partial charge in [0, 0.05) is 5.70 Å².